The molecule has 0 atom stereocenters. The van der Waals surface area contributed by atoms with Gasteiger partial charge >= 0.3 is 0 Å². The Morgan fingerprint density at radius 2 is 2.00 bits per heavy atom. The minimum absolute atomic E-state index is 0.0725. The predicted octanol–water partition coefficient (Wildman–Crippen LogP) is 0.468. The zero-order valence-corrected chi connectivity index (χ0v) is 11.7. The predicted molar refractivity (Wildman–Crippen MR) is 79.6 cm³/mol. The van der Waals surface area contributed by atoms with E-state index in [2.05, 4.69) is 10.1 Å². The van der Waals surface area contributed by atoms with Crippen LogP contribution in [0.2, 0.25) is 0 Å². The minimum atomic E-state index is -0.321. The lowest BCUT2D eigenvalue weighted by Crippen LogP contribution is -2.24. The topological polar surface area (TPSA) is 90.0 Å². The zero-order valence-electron chi connectivity index (χ0n) is 11.7. The van der Waals surface area contributed by atoms with Crippen LogP contribution in [0.1, 0.15) is 10.4 Å². The van der Waals surface area contributed by atoms with Crippen molar-refractivity contribution in [3.8, 4) is 0 Å². The Morgan fingerprint density at radius 1 is 1.23 bits per heavy atom. The molecule has 2 aromatic heterocycles. The molecule has 0 fully saturated rings. The Hall–Kier alpha value is -2.80. The highest BCUT2D eigenvalue weighted by Gasteiger charge is 2.12. The summed E-state index contributed by atoms with van der Waals surface area (Å²) in [4.78, 5) is 28.7. The van der Waals surface area contributed by atoms with Gasteiger partial charge in [0.15, 0.2) is 11.4 Å². The highest BCUT2D eigenvalue weighted by Crippen LogP contribution is 2.06. The first-order valence-corrected chi connectivity index (χ1v) is 6.81. The second kappa shape index (κ2) is 5.90. The van der Waals surface area contributed by atoms with Gasteiger partial charge in [-0.3, -0.25) is 14.2 Å². The van der Waals surface area contributed by atoms with Gasteiger partial charge in [0.1, 0.15) is 11.7 Å². The molecule has 0 bridgehead atoms. The third kappa shape index (κ3) is 2.53. The van der Waals surface area contributed by atoms with Gasteiger partial charge in [0.25, 0.3) is 5.56 Å². The molecule has 112 valence electrons. The Balaban J connectivity index is 1.94. The van der Waals surface area contributed by atoms with Gasteiger partial charge in [0.05, 0.1) is 25.9 Å². The number of hydrogen-bond acceptors (Lipinski definition) is 5. The number of Topliss-reactive ketones (excluding diaryl/α,β-unsaturated/α-hetero) is 1. The van der Waals surface area contributed by atoms with Crippen molar-refractivity contribution < 1.29 is 9.90 Å². The molecular formula is C15H14N4O3. The van der Waals surface area contributed by atoms with Gasteiger partial charge in [-0.15, -0.1) is 0 Å². The van der Waals surface area contributed by atoms with Crippen LogP contribution in [0.5, 0.6) is 0 Å². The summed E-state index contributed by atoms with van der Waals surface area (Å²) in [6, 6.07) is 8.79. The van der Waals surface area contributed by atoms with Gasteiger partial charge in [-0.25, -0.2) is 9.67 Å². The molecule has 22 heavy (non-hydrogen) atoms. The van der Waals surface area contributed by atoms with Crippen molar-refractivity contribution in [3.05, 3.63) is 58.8 Å². The molecule has 3 aromatic rings. The average molecular weight is 298 g/mol. The van der Waals surface area contributed by atoms with E-state index in [-0.39, 0.29) is 31.0 Å². The molecular weight excluding hydrogens is 284 g/mol. The number of rotatable bonds is 5. The van der Waals surface area contributed by atoms with Gasteiger partial charge in [-0.2, -0.15) is 5.10 Å². The van der Waals surface area contributed by atoms with Crippen LogP contribution in [0.15, 0.2) is 47.7 Å². The largest absolute Gasteiger partial charge is 0.394 e. The zero-order chi connectivity index (χ0) is 15.5. The van der Waals surface area contributed by atoms with Gasteiger partial charge in [0.2, 0.25) is 0 Å². The summed E-state index contributed by atoms with van der Waals surface area (Å²) < 4.78 is 2.72. The monoisotopic (exact) mass is 298 g/mol. The van der Waals surface area contributed by atoms with Gasteiger partial charge in [0, 0.05) is 5.56 Å². The molecule has 7 heteroatoms. The summed E-state index contributed by atoms with van der Waals surface area (Å²) in [6.45, 7) is 0.105. The third-order valence-corrected chi connectivity index (χ3v) is 3.34. The van der Waals surface area contributed by atoms with E-state index in [1.54, 1.807) is 24.3 Å². The van der Waals surface area contributed by atoms with Crippen LogP contribution in [0.25, 0.3) is 11.0 Å². The fourth-order valence-corrected chi connectivity index (χ4v) is 2.24. The number of aliphatic hydroxyl groups excluding tert-OH is 1. The Morgan fingerprint density at radius 3 is 2.73 bits per heavy atom. The highest BCUT2D eigenvalue weighted by molar-refractivity contribution is 5.95. The second-order valence-corrected chi connectivity index (χ2v) is 4.80. The van der Waals surface area contributed by atoms with E-state index >= 15 is 0 Å². The Labute approximate surface area is 125 Å². The number of fused-ring (bicyclic) bond motifs is 1. The van der Waals surface area contributed by atoms with Gasteiger partial charge in [-0.05, 0) is 0 Å². The van der Waals surface area contributed by atoms with Crippen molar-refractivity contribution in [1.29, 1.82) is 0 Å². The van der Waals surface area contributed by atoms with Crippen LogP contribution < -0.4 is 5.56 Å². The van der Waals surface area contributed by atoms with Crippen LogP contribution in [-0.2, 0) is 13.1 Å². The smallest absolute Gasteiger partial charge is 0.264 e. The number of aromatic nitrogens is 4. The van der Waals surface area contributed by atoms with Gasteiger partial charge < -0.3 is 5.11 Å². The molecule has 1 N–H and O–H groups in total. The van der Waals surface area contributed by atoms with E-state index in [1.807, 2.05) is 6.07 Å². The number of benzene rings is 1. The van der Waals surface area contributed by atoms with Crippen molar-refractivity contribution in [2.75, 3.05) is 6.61 Å². The normalized spacial score (nSPS) is 11.0. The molecule has 0 saturated heterocycles. The van der Waals surface area contributed by atoms with Gasteiger partial charge in [-0.1, -0.05) is 30.3 Å². The lowest BCUT2D eigenvalue weighted by molar-refractivity contribution is 0.0970. The highest BCUT2D eigenvalue weighted by atomic mass is 16.3. The molecule has 7 nitrogen and oxygen atoms in total. The van der Waals surface area contributed by atoms with E-state index < -0.39 is 0 Å². The van der Waals surface area contributed by atoms with Crippen LogP contribution in [0, 0.1) is 0 Å². The van der Waals surface area contributed by atoms with Crippen molar-refractivity contribution in [2.45, 2.75) is 13.1 Å². The number of nitrogens with zero attached hydrogens (tertiary/aromatic N) is 4. The SMILES string of the molecule is O=C(Cn1cnc2c(cnn2CCO)c1=O)c1ccccc1. The molecule has 0 amide bonds. The fourth-order valence-electron chi connectivity index (χ4n) is 2.24. The van der Waals surface area contributed by atoms with E-state index in [0.717, 1.165) is 0 Å². The molecule has 0 unspecified atom stereocenters. The standard InChI is InChI=1S/C15H14N4O3/c20-7-6-19-14-12(8-17-19)15(22)18(10-16-14)9-13(21)11-4-2-1-3-5-11/h1-5,8,10,20H,6-7,9H2. The molecule has 2 heterocycles. The Kier molecular flexibility index (Phi) is 3.80. The summed E-state index contributed by atoms with van der Waals surface area (Å²) in [5, 5.41) is 13.3. The first-order valence-electron chi connectivity index (χ1n) is 6.81. The quantitative estimate of drug-likeness (QED) is 0.691. The van der Waals surface area contributed by atoms with Crippen LogP contribution >= 0.6 is 0 Å². The molecule has 3 rings (SSSR count). The van der Waals surface area contributed by atoms with Crippen molar-refractivity contribution in [3.63, 3.8) is 0 Å². The summed E-state index contributed by atoms with van der Waals surface area (Å²) in [5.41, 5.74) is 0.631. The number of aliphatic hydroxyl groups is 1. The third-order valence-electron chi connectivity index (χ3n) is 3.34. The maximum atomic E-state index is 12.4. The summed E-state index contributed by atoms with van der Waals surface area (Å²) >= 11 is 0. The van der Waals surface area contributed by atoms with E-state index in [1.165, 1.54) is 21.8 Å². The first-order chi connectivity index (χ1) is 10.7. The average Bonchev–Trinajstić information content (AvgIpc) is 2.95. The minimum Gasteiger partial charge on any atom is -0.394 e. The number of carbonyl (C=O) groups excluding carboxylic acids is 1. The van der Waals surface area contributed by atoms with E-state index in [0.29, 0.717) is 16.6 Å². The summed E-state index contributed by atoms with van der Waals surface area (Å²) in [6.07, 6.45) is 2.74. The van der Waals surface area contributed by atoms with Crippen molar-refractivity contribution in [2.24, 2.45) is 0 Å². The van der Waals surface area contributed by atoms with Crippen LogP contribution in [-0.4, -0.2) is 36.8 Å². The van der Waals surface area contributed by atoms with Crippen LogP contribution in [0.4, 0.5) is 0 Å². The van der Waals surface area contributed by atoms with E-state index in [9.17, 15) is 9.59 Å². The fraction of sp³-hybridized carbons (Fsp3) is 0.200. The maximum Gasteiger partial charge on any atom is 0.264 e. The molecule has 0 saturated carbocycles. The summed E-state index contributed by atoms with van der Waals surface area (Å²) in [7, 11) is 0. The van der Waals surface area contributed by atoms with Crippen molar-refractivity contribution in [1.82, 2.24) is 19.3 Å². The number of hydrogen-bond donors (Lipinski definition) is 1. The Bertz CT molecular complexity index is 867. The lowest BCUT2D eigenvalue weighted by Gasteiger charge is -2.05. The lowest BCUT2D eigenvalue weighted by atomic mass is 10.1. The molecule has 0 spiro atoms. The molecule has 0 aliphatic carbocycles. The van der Waals surface area contributed by atoms with Crippen LogP contribution in [0.3, 0.4) is 0 Å². The number of ketones is 1. The molecule has 0 aliphatic rings. The number of carbonyl (C=O) groups is 1. The maximum absolute atomic E-state index is 12.4. The molecule has 0 aliphatic heterocycles. The second-order valence-electron chi connectivity index (χ2n) is 4.80. The molecule has 0 radical (unpaired) electrons. The first kappa shape index (κ1) is 14.2. The summed E-state index contributed by atoms with van der Waals surface area (Å²) in [5.74, 6) is -0.161. The molecule has 1 aromatic carbocycles. The van der Waals surface area contributed by atoms with E-state index in [4.69, 9.17) is 5.11 Å². The van der Waals surface area contributed by atoms with Crippen molar-refractivity contribution >= 4 is 16.8 Å².